The first kappa shape index (κ1) is 37.5. The maximum absolute atomic E-state index is 5.44. The molecule has 0 amide bonds. The minimum Gasteiger partial charge on any atom is -0.497 e. The van der Waals surface area contributed by atoms with Crippen LogP contribution in [0.4, 0.5) is 34.1 Å². The number of anilines is 6. The van der Waals surface area contributed by atoms with Crippen molar-refractivity contribution in [3.63, 3.8) is 0 Å². The zero-order valence-electron chi connectivity index (χ0n) is 33.0. The highest BCUT2D eigenvalue weighted by Gasteiger charge is 2.16. The summed E-state index contributed by atoms with van der Waals surface area (Å²) in [7, 11) is 3.39. The van der Waals surface area contributed by atoms with Crippen LogP contribution in [0, 0.1) is 27.7 Å². The van der Waals surface area contributed by atoms with E-state index in [0.717, 1.165) is 67.9 Å². The maximum atomic E-state index is 5.44. The zero-order chi connectivity index (χ0) is 39.0. The van der Waals surface area contributed by atoms with Gasteiger partial charge in [-0.3, -0.25) is 0 Å². The summed E-state index contributed by atoms with van der Waals surface area (Å²) in [5.74, 6) is 1.67. The average Bonchev–Trinajstić information content (AvgIpc) is 3.22. The standard InChI is InChI=1S/C52H48N2O2/c1-37-11-33-51(39(3)35-37)53(47-25-29-49(55-5)30-26-47)45-21-15-41(16-22-45)13-19-43-9-7-8-10-44(43)20-14-42-17-23-46(24-18-42)54(48-27-31-50(56-6)32-28-48)52-34-12-38(2)36-40(52)4/h7-36H,1-6H3. The Balaban J connectivity index is 1.11. The molecular weight excluding hydrogens is 685 g/mol. The highest BCUT2D eigenvalue weighted by atomic mass is 16.5. The van der Waals surface area contributed by atoms with E-state index in [4.69, 9.17) is 9.47 Å². The topological polar surface area (TPSA) is 24.9 Å². The van der Waals surface area contributed by atoms with Crippen molar-refractivity contribution < 1.29 is 9.47 Å². The van der Waals surface area contributed by atoms with Crippen LogP contribution in [0.1, 0.15) is 44.5 Å². The molecule has 0 aliphatic rings. The molecule has 0 unspecified atom stereocenters. The number of hydrogen-bond donors (Lipinski definition) is 0. The van der Waals surface area contributed by atoms with Gasteiger partial charge in [0, 0.05) is 34.1 Å². The van der Waals surface area contributed by atoms with Crippen molar-refractivity contribution >= 4 is 58.4 Å². The minimum absolute atomic E-state index is 0.837. The van der Waals surface area contributed by atoms with Crippen LogP contribution in [0.2, 0.25) is 0 Å². The fourth-order valence-corrected chi connectivity index (χ4v) is 7.09. The first-order valence-electron chi connectivity index (χ1n) is 19.0. The molecule has 0 aliphatic carbocycles. The highest BCUT2D eigenvalue weighted by Crippen LogP contribution is 2.39. The van der Waals surface area contributed by atoms with Crippen LogP contribution in [0.25, 0.3) is 24.3 Å². The predicted molar refractivity (Wildman–Crippen MR) is 239 cm³/mol. The van der Waals surface area contributed by atoms with Gasteiger partial charge < -0.3 is 19.3 Å². The molecule has 0 aliphatic heterocycles. The number of nitrogens with zero attached hydrogens (tertiary/aromatic N) is 2. The SMILES string of the molecule is COc1ccc(N(c2ccc(C=Cc3ccccc3C=Cc3ccc(N(c4ccc(OC)cc4)c4ccc(C)cc4C)cc3)cc2)c2ccc(C)cc2C)cc1. The summed E-state index contributed by atoms with van der Waals surface area (Å²) in [4.78, 5) is 4.60. The third-order valence-electron chi connectivity index (χ3n) is 10.1. The van der Waals surface area contributed by atoms with E-state index in [0.29, 0.717) is 0 Å². The molecule has 0 N–H and O–H groups in total. The molecule has 7 rings (SSSR count). The third-order valence-corrected chi connectivity index (χ3v) is 10.1. The number of benzene rings is 7. The summed E-state index contributed by atoms with van der Waals surface area (Å²) in [5, 5.41) is 0. The molecular formula is C52H48N2O2. The number of rotatable bonds is 12. The summed E-state index contributed by atoms with van der Waals surface area (Å²) in [6.45, 7) is 8.60. The van der Waals surface area contributed by atoms with Gasteiger partial charge in [0.1, 0.15) is 11.5 Å². The number of aryl methyl sites for hydroxylation is 4. The van der Waals surface area contributed by atoms with E-state index >= 15 is 0 Å². The van der Waals surface area contributed by atoms with Gasteiger partial charge in [0.25, 0.3) is 0 Å². The van der Waals surface area contributed by atoms with Gasteiger partial charge in [-0.15, -0.1) is 0 Å². The second kappa shape index (κ2) is 17.1. The fraction of sp³-hybridized carbons (Fsp3) is 0.115. The smallest absolute Gasteiger partial charge is 0.119 e. The van der Waals surface area contributed by atoms with Crippen molar-refractivity contribution in [3.8, 4) is 11.5 Å². The van der Waals surface area contributed by atoms with E-state index < -0.39 is 0 Å². The van der Waals surface area contributed by atoms with Gasteiger partial charge in [-0.2, -0.15) is 0 Å². The molecule has 7 aromatic rings. The van der Waals surface area contributed by atoms with Gasteiger partial charge in [0.2, 0.25) is 0 Å². The van der Waals surface area contributed by atoms with Gasteiger partial charge in [-0.25, -0.2) is 0 Å². The normalized spacial score (nSPS) is 11.2. The summed E-state index contributed by atoms with van der Waals surface area (Å²) >= 11 is 0. The summed E-state index contributed by atoms with van der Waals surface area (Å²) in [6.07, 6.45) is 8.75. The van der Waals surface area contributed by atoms with Gasteiger partial charge in [-0.05, 0) is 146 Å². The predicted octanol–water partition coefficient (Wildman–Crippen LogP) is 14.2. The van der Waals surface area contributed by atoms with Crippen molar-refractivity contribution in [2.24, 2.45) is 0 Å². The van der Waals surface area contributed by atoms with E-state index in [9.17, 15) is 0 Å². The molecule has 0 radical (unpaired) electrons. The van der Waals surface area contributed by atoms with E-state index in [1.54, 1.807) is 14.2 Å². The Morgan fingerprint density at radius 3 is 1.04 bits per heavy atom. The Hall–Kier alpha value is -6.78. The van der Waals surface area contributed by atoms with Gasteiger partial charge in [-0.1, -0.05) is 108 Å². The van der Waals surface area contributed by atoms with Gasteiger partial charge in [0.05, 0.1) is 14.2 Å². The number of ether oxygens (including phenoxy) is 2. The van der Waals surface area contributed by atoms with Crippen LogP contribution in [-0.4, -0.2) is 14.2 Å². The maximum Gasteiger partial charge on any atom is 0.119 e. The molecule has 0 heterocycles. The first-order valence-corrected chi connectivity index (χ1v) is 19.0. The molecule has 0 aromatic heterocycles. The molecule has 0 bridgehead atoms. The second-order valence-electron chi connectivity index (χ2n) is 14.1. The largest absolute Gasteiger partial charge is 0.497 e. The van der Waals surface area contributed by atoms with E-state index in [1.807, 2.05) is 24.3 Å². The van der Waals surface area contributed by atoms with Crippen molar-refractivity contribution in [2.45, 2.75) is 27.7 Å². The fourth-order valence-electron chi connectivity index (χ4n) is 7.09. The molecule has 278 valence electrons. The summed E-state index contributed by atoms with van der Waals surface area (Å²) in [6, 6.07) is 55.6. The number of hydrogen-bond acceptors (Lipinski definition) is 4. The lowest BCUT2D eigenvalue weighted by Crippen LogP contribution is -2.11. The lowest BCUT2D eigenvalue weighted by Gasteiger charge is -2.27. The van der Waals surface area contributed by atoms with Crippen LogP contribution in [-0.2, 0) is 0 Å². The van der Waals surface area contributed by atoms with Gasteiger partial charge in [0.15, 0.2) is 0 Å². The van der Waals surface area contributed by atoms with Crippen LogP contribution in [0.15, 0.2) is 158 Å². The molecule has 0 atom stereocenters. The summed E-state index contributed by atoms with van der Waals surface area (Å²) < 4.78 is 10.9. The molecule has 0 spiro atoms. The lowest BCUT2D eigenvalue weighted by molar-refractivity contribution is 0.414. The van der Waals surface area contributed by atoms with E-state index in [-0.39, 0.29) is 0 Å². The molecule has 4 heteroatoms. The van der Waals surface area contributed by atoms with Crippen LogP contribution in [0.3, 0.4) is 0 Å². The van der Waals surface area contributed by atoms with Crippen molar-refractivity contribution in [3.05, 3.63) is 202 Å². The number of methoxy groups -OCH3 is 2. The monoisotopic (exact) mass is 732 g/mol. The Bertz CT molecular complexity index is 2290. The molecule has 0 fully saturated rings. The quantitative estimate of drug-likeness (QED) is 0.117. The third kappa shape index (κ3) is 8.61. The van der Waals surface area contributed by atoms with Crippen molar-refractivity contribution in [1.82, 2.24) is 0 Å². The molecule has 0 saturated carbocycles. The van der Waals surface area contributed by atoms with Crippen LogP contribution >= 0.6 is 0 Å². The Labute approximate surface area is 332 Å². The second-order valence-corrected chi connectivity index (χ2v) is 14.1. The van der Waals surface area contributed by atoms with Crippen LogP contribution < -0.4 is 19.3 Å². The molecule has 56 heavy (non-hydrogen) atoms. The molecule has 7 aromatic carbocycles. The molecule has 0 saturated heterocycles. The van der Waals surface area contributed by atoms with Crippen LogP contribution in [0.5, 0.6) is 11.5 Å². The Morgan fingerprint density at radius 1 is 0.375 bits per heavy atom. The summed E-state index contributed by atoms with van der Waals surface area (Å²) in [5.41, 5.74) is 16.1. The van der Waals surface area contributed by atoms with Crippen molar-refractivity contribution in [1.29, 1.82) is 0 Å². The van der Waals surface area contributed by atoms with Crippen molar-refractivity contribution in [2.75, 3.05) is 24.0 Å². The zero-order valence-corrected chi connectivity index (χ0v) is 33.0. The average molecular weight is 733 g/mol. The Morgan fingerprint density at radius 2 is 0.714 bits per heavy atom. The highest BCUT2D eigenvalue weighted by molar-refractivity contribution is 5.83. The minimum atomic E-state index is 0.837. The van der Waals surface area contributed by atoms with E-state index in [1.165, 1.54) is 22.3 Å². The molecule has 4 nitrogen and oxygen atoms in total. The Kier molecular flexibility index (Phi) is 11.5. The van der Waals surface area contributed by atoms with Gasteiger partial charge >= 0.3 is 0 Å². The first-order chi connectivity index (χ1) is 27.3. The van der Waals surface area contributed by atoms with E-state index in [2.05, 4.69) is 195 Å². The lowest BCUT2D eigenvalue weighted by atomic mass is 10.0.